The van der Waals surface area contributed by atoms with Crippen LogP contribution in [0.4, 0.5) is 0 Å². The molecule has 0 bridgehead atoms. The Hall–Kier alpha value is -2.37. The zero-order chi connectivity index (χ0) is 13.5. The zero-order valence-electron chi connectivity index (χ0n) is 11.1. The van der Waals surface area contributed by atoms with Gasteiger partial charge in [0.05, 0.1) is 24.5 Å². The number of aliphatic imine (C=N–C) groups is 1. The molecule has 2 N–H and O–H groups in total. The lowest BCUT2D eigenvalue weighted by Gasteiger charge is -2.10. The number of rotatable bonds is 4. The molecule has 0 fully saturated rings. The molecule has 2 rings (SSSR count). The molecule has 19 heavy (non-hydrogen) atoms. The zero-order valence-corrected chi connectivity index (χ0v) is 11.1. The number of nitrogens with zero attached hydrogens (tertiary/aromatic N) is 3. The van der Waals surface area contributed by atoms with Crippen LogP contribution in [-0.4, -0.2) is 23.1 Å². The van der Waals surface area contributed by atoms with Crippen LogP contribution in [0.2, 0.25) is 0 Å². The van der Waals surface area contributed by atoms with Gasteiger partial charge in [0.1, 0.15) is 0 Å². The first-order valence-electron chi connectivity index (χ1n) is 6.04. The first-order chi connectivity index (χ1) is 9.28. The number of nitrogens with one attached hydrogen (secondary N) is 2. The van der Waals surface area contributed by atoms with Crippen LogP contribution in [0, 0.1) is 6.92 Å². The molecule has 0 saturated carbocycles. The molecule has 2 aromatic heterocycles. The Morgan fingerprint density at radius 3 is 2.79 bits per heavy atom. The number of aromatic nitrogens is 2. The smallest absolute Gasteiger partial charge is 0.191 e. The van der Waals surface area contributed by atoms with Crippen LogP contribution in [0.1, 0.15) is 17.1 Å². The first-order valence-corrected chi connectivity index (χ1v) is 6.04. The average Bonchev–Trinajstić information content (AvgIpc) is 2.86. The van der Waals surface area contributed by atoms with Crippen molar-refractivity contribution >= 4 is 5.96 Å². The fraction of sp³-hybridized carbons (Fsp3) is 0.308. The molecular weight excluding hydrogens is 242 g/mol. The van der Waals surface area contributed by atoms with Gasteiger partial charge >= 0.3 is 0 Å². The second-order valence-corrected chi connectivity index (χ2v) is 4.04. The molecule has 0 atom stereocenters. The van der Waals surface area contributed by atoms with E-state index in [1.165, 1.54) is 0 Å². The molecule has 0 aromatic carbocycles. The third kappa shape index (κ3) is 4.09. The van der Waals surface area contributed by atoms with Gasteiger partial charge in [-0.15, -0.1) is 0 Å². The summed E-state index contributed by atoms with van der Waals surface area (Å²) in [5, 5.41) is 10.2. The molecule has 0 aliphatic carbocycles. The number of pyridine rings is 1. The van der Waals surface area contributed by atoms with E-state index < -0.39 is 0 Å². The summed E-state index contributed by atoms with van der Waals surface area (Å²) in [6.45, 7) is 3.06. The first kappa shape index (κ1) is 13.1. The molecule has 2 heterocycles. The van der Waals surface area contributed by atoms with Gasteiger partial charge in [-0.25, -0.2) is 0 Å². The molecule has 0 radical (unpaired) electrons. The predicted octanol–water partition coefficient (Wildman–Crippen LogP) is 1.24. The number of hydrogen-bond acceptors (Lipinski definition) is 4. The topological polar surface area (TPSA) is 75.3 Å². The van der Waals surface area contributed by atoms with Crippen molar-refractivity contribution in [2.75, 3.05) is 7.05 Å². The highest BCUT2D eigenvalue weighted by atomic mass is 16.5. The van der Waals surface area contributed by atoms with E-state index in [4.69, 9.17) is 4.52 Å². The quantitative estimate of drug-likeness (QED) is 0.638. The standard InChI is InChI=1S/C13H17N5O/c1-10-7-12(19-18-10)9-17-13(14-2)16-8-11-5-3-4-6-15-11/h3-7H,8-9H2,1-2H3,(H2,14,16,17). The predicted molar refractivity (Wildman–Crippen MR) is 72.5 cm³/mol. The van der Waals surface area contributed by atoms with Gasteiger partial charge < -0.3 is 15.2 Å². The van der Waals surface area contributed by atoms with Crippen molar-refractivity contribution in [1.29, 1.82) is 0 Å². The van der Waals surface area contributed by atoms with Crippen LogP contribution in [0.15, 0.2) is 40.0 Å². The fourth-order valence-electron chi connectivity index (χ4n) is 1.57. The van der Waals surface area contributed by atoms with Gasteiger partial charge in [0.2, 0.25) is 0 Å². The van der Waals surface area contributed by atoms with Gasteiger partial charge in [-0.05, 0) is 19.1 Å². The highest BCUT2D eigenvalue weighted by molar-refractivity contribution is 5.79. The Morgan fingerprint density at radius 1 is 1.32 bits per heavy atom. The van der Waals surface area contributed by atoms with Crippen LogP contribution in [0.5, 0.6) is 0 Å². The Morgan fingerprint density at radius 2 is 2.16 bits per heavy atom. The molecule has 0 saturated heterocycles. The van der Waals surface area contributed by atoms with Gasteiger partial charge in [0, 0.05) is 19.3 Å². The summed E-state index contributed by atoms with van der Waals surface area (Å²) >= 11 is 0. The molecular formula is C13H17N5O. The highest BCUT2D eigenvalue weighted by Crippen LogP contribution is 2.00. The number of hydrogen-bond donors (Lipinski definition) is 2. The molecule has 0 amide bonds. The van der Waals surface area contributed by atoms with Crippen molar-refractivity contribution in [2.24, 2.45) is 4.99 Å². The van der Waals surface area contributed by atoms with Crippen molar-refractivity contribution in [2.45, 2.75) is 20.0 Å². The molecule has 0 spiro atoms. The second kappa shape index (κ2) is 6.53. The normalized spacial score (nSPS) is 11.4. The van der Waals surface area contributed by atoms with Gasteiger partial charge in [-0.3, -0.25) is 9.98 Å². The molecule has 0 aliphatic heterocycles. The lowest BCUT2D eigenvalue weighted by molar-refractivity contribution is 0.376. The van der Waals surface area contributed by atoms with E-state index in [0.29, 0.717) is 19.0 Å². The Bertz CT molecular complexity index is 535. The SMILES string of the molecule is CN=C(NCc1ccccn1)NCc1cc(C)no1. The second-order valence-electron chi connectivity index (χ2n) is 4.04. The maximum Gasteiger partial charge on any atom is 0.191 e. The summed E-state index contributed by atoms with van der Waals surface area (Å²) in [6, 6.07) is 7.69. The van der Waals surface area contributed by atoms with Gasteiger partial charge in [0.25, 0.3) is 0 Å². The van der Waals surface area contributed by atoms with E-state index >= 15 is 0 Å². The molecule has 0 unspecified atom stereocenters. The Labute approximate surface area is 111 Å². The van der Waals surface area contributed by atoms with E-state index in [-0.39, 0.29) is 0 Å². The van der Waals surface area contributed by atoms with Crippen molar-refractivity contribution in [3.05, 3.63) is 47.6 Å². The Kier molecular flexibility index (Phi) is 4.49. The molecule has 100 valence electrons. The van der Waals surface area contributed by atoms with Crippen molar-refractivity contribution in [1.82, 2.24) is 20.8 Å². The van der Waals surface area contributed by atoms with Crippen molar-refractivity contribution < 1.29 is 4.52 Å². The monoisotopic (exact) mass is 259 g/mol. The minimum absolute atomic E-state index is 0.544. The van der Waals surface area contributed by atoms with Crippen LogP contribution in [0.25, 0.3) is 0 Å². The fourth-order valence-corrected chi connectivity index (χ4v) is 1.57. The number of guanidine groups is 1. The third-order valence-corrected chi connectivity index (χ3v) is 2.49. The van der Waals surface area contributed by atoms with Gasteiger partial charge in [0.15, 0.2) is 11.7 Å². The summed E-state index contributed by atoms with van der Waals surface area (Å²) in [4.78, 5) is 8.36. The summed E-state index contributed by atoms with van der Waals surface area (Å²) in [5.41, 5.74) is 1.83. The largest absolute Gasteiger partial charge is 0.359 e. The van der Waals surface area contributed by atoms with Gasteiger partial charge in [-0.2, -0.15) is 0 Å². The highest BCUT2D eigenvalue weighted by Gasteiger charge is 2.02. The molecule has 2 aromatic rings. The van der Waals surface area contributed by atoms with Gasteiger partial charge in [-0.1, -0.05) is 11.2 Å². The summed E-state index contributed by atoms with van der Waals surface area (Å²) < 4.78 is 5.11. The Balaban J connectivity index is 1.81. The van der Waals surface area contributed by atoms with Crippen molar-refractivity contribution in [3.63, 3.8) is 0 Å². The average molecular weight is 259 g/mol. The summed E-state index contributed by atoms with van der Waals surface area (Å²) in [6.07, 6.45) is 1.77. The minimum Gasteiger partial charge on any atom is -0.359 e. The number of aryl methyl sites for hydroxylation is 1. The molecule has 0 aliphatic rings. The summed E-state index contributed by atoms with van der Waals surface area (Å²) in [7, 11) is 1.72. The molecule has 6 nitrogen and oxygen atoms in total. The molecule has 6 heteroatoms. The van der Waals surface area contributed by atoms with E-state index in [9.17, 15) is 0 Å². The lowest BCUT2D eigenvalue weighted by Crippen LogP contribution is -2.36. The van der Waals surface area contributed by atoms with Crippen LogP contribution < -0.4 is 10.6 Å². The third-order valence-electron chi connectivity index (χ3n) is 2.49. The van der Waals surface area contributed by atoms with E-state index in [2.05, 4.69) is 25.8 Å². The van der Waals surface area contributed by atoms with E-state index in [1.54, 1.807) is 13.2 Å². The van der Waals surface area contributed by atoms with E-state index in [0.717, 1.165) is 17.1 Å². The van der Waals surface area contributed by atoms with Crippen molar-refractivity contribution in [3.8, 4) is 0 Å². The minimum atomic E-state index is 0.544. The van der Waals surface area contributed by atoms with Crippen LogP contribution in [0.3, 0.4) is 0 Å². The van der Waals surface area contributed by atoms with Crippen LogP contribution in [-0.2, 0) is 13.1 Å². The van der Waals surface area contributed by atoms with E-state index in [1.807, 2.05) is 31.2 Å². The summed E-state index contributed by atoms with van der Waals surface area (Å²) in [5.74, 6) is 1.47. The van der Waals surface area contributed by atoms with Crippen LogP contribution >= 0.6 is 0 Å². The lowest BCUT2D eigenvalue weighted by atomic mass is 10.3. The maximum atomic E-state index is 5.11. The maximum absolute atomic E-state index is 5.11.